The SMILES string of the molecule is Cc1ccc(-c2cc(C(=O)N3C[C@@H](C(N)=O)CC[C@H]3C)on2)cc1. The van der Waals surface area contributed by atoms with Crippen LogP contribution >= 0.6 is 0 Å². The maximum atomic E-state index is 12.7. The first-order chi connectivity index (χ1) is 11.5. The normalized spacial score (nSPS) is 20.8. The molecule has 1 aromatic carbocycles. The molecule has 0 spiro atoms. The molecule has 126 valence electrons. The Morgan fingerprint density at radius 3 is 2.62 bits per heavy atom. The van der Waals surface area contributed by atoms with Crippen LogP contribution < -0.4 is 5.73 Å². The number of carbonyl (C=O) groups is 2. The summed E-state index contributed by atoms with van der Waals surface area (Å²) in [6.45, 7) is 4.30. The number of benzene rings is 1. The Hall–Kier alpha value is -2.63. The molecule has 0 unspecified atom stereocenters. The van der Waals surface area contributed by atoms with E-state index < -0.39 is 0 Å². The van der Waals surface area contributed by atoms with Crippen molar-refractivity contribution in [3.05, 3.63) is 41.7 Å². The Balaban J connectivity index is 1.80. The van der Waals surface area contributed by atoms with E-state index in [4.69, 9.17) is 10.3 Å². The zero-order valence-electron chi connectivity index (χ0n) is 13.9. The third-order valence-electron chi connectivity index (χ3n) is 4.61. The highest BCUT2D eigenvalue weighted by Crippen LogP contribution is 2.25. The molecule has 1 aromatic heterocycles. The molecule has 6 nitrogen and oxygen atoms in total. The maximum Gasteiger partial charge on any atom is 0.292 e. The molecule has 0 aliphatic carbocycles. The van der Waals surface area contributed by atoms with Crippen molar-refractivity contribution in [1.29, 1.82) is 0 Å². The van der Waals surface area contributed by atoms with Gasteiger partial charge in [0.05, 0.1) is 5.92 Å². The lowest BCUT2D eigenvalue weighted by Crippen LogP contribution is -2.48. The van der Waals surface area contributed by atoms with E-state index in [0.29, 0.717) is 18.7 Å². The Morgan fingerprint density at radius 1 is 1.25 bits per heavy atom. The summed E-state index contributed by atoms with van der Waals surface area (Å²) in [5, 5.41) is 4.00. The van der Waals surface area contributed by atoms with Gasteiger partial charge in [0, 0.05) is 24.2 Å². The van der Waals surface area contributed by atoms with Crippen LogP contribution in [0.1, 0.15) is 35.9 Å². The Bertz CT molecular complexity index is 751. The number of amides is 2. The van der Waals surface area contributed by atoms with Gasteiger partial charge in [-0.1, -0.05) is 35.0 Å². The van der Waals surface area contributed by atoms with Crippen molar-refractivity contribution in [1.82, 2.24) is 10.1 Å². The molecule has 2 atom stereocenters. The average Bonchev–Trinajstić information content (AvgIpc) is 3.05. The summed E-state index contributed by atoms with van der Waals surface area (Å²) in [4.78, 5) is 25.8. The molecular weight excluding hydrogens is 306 g/mol. The van der Waals surface area contributed by atoms with Gasteiger partial charge in [0.1, 0.15) is 5.69 Å². The molecule has 0 radical (unpaired) electrons. The summed E-state index contributed by atoms with van der Waals surface area (Å²) in [7, 11) is 0. The van der Waals surface area contributed by atoms with E-state index in [1.807, 2.05) is 38.1 Å². The number of aromatic nitrogens is 1. The highest BCUT2D eigenvalue weighted by atomic mass is 16.5. The van der Waals surface area contributed by atoms with Crippen molar-refractivity contribution in [2.24, 2.45) is 11.7 Å². The fourth-order valence-electron chi connectivity index (χ4n) is 3.00. The van der Waals surface area contributed by atoms with E-state index in [1.165, 1.54) is 0 Å². The number of piperidine rings is 1. The molecule has 1 aliphatic heterocycles. The predicted octanol–water partition coefficient (Wildman–Crippen LogP) is 2.38. The lowest BCUT2D eigenvalue weighted by molar-refractivity contribution is -0.123. The molecule has 3 rings (SSSR count). The quantitative estimate of drug-likeness (QED) is 0.937. The average molecular weight is 327 g/mol. The van der Waals surface area contributed by atoms with Gasteiger partial charge in [-0.25, -0.2) is 0 Å². The topological polar surface area (TPSA) is 89.4 Å². The van der Waals surface area contributed by atoms with Crippen molar-refractivity contribution in [2.75, 3.05) is 6.54 Å². The molecule has 24 heavy (non-hydrogen) atoms. The van der Waals surface area contributed by atoms with Crippen molar-refractivity contribution >= 4 is 11.8 Å². The molecule has 0 saturated carbocycles. The smallest absolute Gasteiger partial charge is 0.292 e. The number of carbonyl (C=O) groups excluding carboxylic acids is 2. The van der Waals surface area contributed by atoms with Gasteiger partial charge in [-0.2, -0.15) is 0 Å². The van der Waals surface area contributed by atoms with Gasteiger partial charge in [-0.05, 0) is 26.7 Å². The van der Waals surface area contributed by atoms with Gasteiger partial charge in [-0.3, -0.25) is 9.59 Å². The molecule has 2 N–H and O–H groups in total. The monoisotopic (exact) mass is 327 g/mol. The van der Waals surface area contributed by atoms with Crippen molar-refractivity contribution < 1.29 is 14.1 Å². The summed E-state index contributed by atoms with van der Waals surface area (Å²) in [6.07, 6.45) is 1.46. The van der Waals surface area contributed by atoms with E-state index >= 15 is 0 Å². The first kappa shape index (κ1) is 16.2. The summed E-state index contributed by atoms with van der Waals surface area (Å²) < 4.78 is 5.25. The number of nitrogens with zero attached hydrogens (tertiary/aromatic N) is 2. The van der Waals surface area contributed by atoms with Crippen LogP contribution in [-0.2, 0) is 4.79 Å². The van der Waals surface area contributed by atoms with Crippen LogP contribution in [0, 0.1) is 12.8 Å². The van der Waals surface area contributed by atoms with Crippen LogP contribution in [0.2, 0.25) is 0 Å². The molecule has 2 amide bonds. The largest absolute Gasteiger partial charge is 0.369 e. The molecule has 2 heterocycles. The fourth-order valence-corrected chi connectivity index (χ4v) is 3.00. The van der Waals surface area contributed by atoms with E-state index in [0.717, 1.165) is 17.5 Å². The van der Waals surface area contributed by atoms with Crippen molar-refractivity contribution in [3.8, 4) is 11.3 Å². The number of aryl methyl sites for hydroxylation is 1. The second-order valence-corrected chi connectivity index (χ2v) is 6.43. The van der Waals surface area contributed by atoms with Crippen LogP contribution in [-0.4, -0.2) is 34.5 Å². The van der Waals surface area contributed by atoms with E-state index in [9.17, 15) is 9.59 Å². The van der Waals surface area contributed by atoms with Gasteiger partial charge in [0.2, 0.25) is 11.7 Å². The fraction of sp³-hybridized carbons (Fsp3) is 0.389. The lowest BCUT2D eigenvalue weighted by atomic mass is 9.92. The van der Waals surface area contributed by atoms with Crippen LogP contribution in [0.15, 0.2) is 34.9 Å². The third-order valence-corrected chi connectivity index (χ3v) is 4.61. The number of hydrogen-bond donors (Lipinski definition) is 1. The van der Waals surface area contributed by atoms with Gasteiger partial charge < -0.3 is 15.2 Å². The van der Waals surface area contributed by atoms with Crippen LogP contribution in [0.3, 0.4) is 0 Å². The highest BCUT2D eigenvalue weighted by Gasteiger charge is 2.33. The van der Waals surface area contributed by atoms with Gasteiger partial charge in [-0.15, -0.1) is 0 Å². The minimum atomic E-state index is -0.363. The highest BCUT2D eigenvalue weighted by molar-refractivity contribution is 5.93. The Kier molecular flexibility index (Phi) is 4.38. The van der Waals surface area contributed by atoms with Gasteiger partial charge in [0.15, 0.2) is 0 Å². The zero-order valence-corrected chi connectivity index (χ0v) is 13.9. The van der Waals surface area contributed by atoms with E-state index in [2.05, 4.69) is 5.16 Å². The zero-order chi connectivity index (χ0) is 17.3. The first-order valence-corrected chi connectivity index (χ1v) is 8.09. The number of primary amides is 1. The minimum absolute atomic E-state index is 0.0426. The molecule has 2 aromatic rings. The lowest BCUT2D eigenvalue weighted by Gasteiger charge is -2.36. The summed E-state index contributed by atoms with van der Waals surface area (Å²) >= 11 is 0. The standard InChI is InChI=1S/C18H21N3O3/c1-11-3-6-13(7-4-11)15-9-16(24-20-15)18(23)21-10-14(17(19)22)8-5-12(21)2/h3-4,6-7,9,12,14H,5,8,10H2,1-2H3,(H2,19,22)/t12-,14+/m1/s1. The second kappa shape index (κ2) is 6.47. The number of nitrogens with two attached hydrogens (primary N) is 1. The van der Waals surface area contributed by atoms with Crippen LogP contribution in [0.4, 0.5) is 0 Å². The molecule has 1 aliphatic rings. The van der Waals surface area contributed by atoms with E-state index in [1.54, 1.807) is 11.0 Å². The van der Waals surface area contributed by atoms with Gasteiger partial charge in [0.25, 0.3) is 5.91 Å². The summed E-state index contributed by atoms with van der Waals surface area (Å²) in [5.41, 5.74) is 8.06. The summed E-state index contributed by atoms with van der Waals surface area (Å²) in [5.74, 6) is -0.732. The van der Waals surface area contributed by atoms with Crippen LogP contribution in [0.5, 0.6) is 0 Å². The van der Waals surface area contributed by atoms with Crippen molar-refractivity contribution in [3.63, 3.8) is 0 Å². The van der Waals surface area contributed by atoms with Crippen LogP contribution in [0.25, 0.3) is 11.3 Å². The number of rotatable bonds is 3. The van der Waals surface area contributed by atoms with E-state index in [-0.39, 0.29) is 29.5 Å². The minimum Gasteiger partial charge on any atom is -0.369 e. The summed E-state index contributed by atoms with van der Waals surface area (Å²) in [6, 6.07) is 9.53. The first-order valence-electron chi connectivity index (χ1n) is 8.09. The van der Waals surface area contributed by atoms with Crippen molar-refractivity contribution in [2.45, 2.75) is 32.7 Å². The second-order valence-electron chi connectivity index (χ2n) is 6.43. The molecular formula is C18H21N3O3. The third kappa shape index (κ3) is 3.18. The molecule has 1 fully saturated rings. The Labute approximate surface area is 140 Å². The van der Waals surface area contributed by atoms with Gasteiger partial charge >= 0.3 is 0 Å². The number of hydrogen-bond acceptors (Lipinski definition) is 4. The maximum absolute atomic E-state index is 12.7. The predicted molar refractivity (Wildman–Crippen MR) is 89.1 cm³/mol. The molecule has 1 saturated heterocycles. The molecule has 0 bridgehead atoms. The number of likely N-dealkylation sites (tertiary alicyclic amines) is 1. The molecule has 6 heteroatoms. The Morgan fingerprint density at radius 2 is 1.96 bits per heavy atom.